The van der Waals surface area contributed by atoms with Gasteiger partial charge in [0.25, 0.3) is 5.91 Å². The molecule has 1 aliphatic rings. The first-order valence-corrected chi connectivity index (χ1v) is 5.00. The minimum atomic E-state index is -0.356. The highest BCUT2D eigenvalue weighted by atomic mass is 127. The molecule has 4 heteroatoms. The van der Waals surface area contributed by atoms with Crippen molar-refractivity contribution in [2.24, 2.45) is 0 Å². The van der Waals surface area contributed by atoms with Gasteiger partial charge in [0.1, 0.15) is 5.82 Å². The van der Waals surface area contributed by atoms with Crippen molar-refractivity contribution in [2.45, 2.75) is 0 Å². The maximum Gasteiger partial charge on any atom is 0.255 e. The van der Waals surface area contributed by atoms with Gasteiger partial charge in [-0.3, -0.25) is 4.79 Å². The minimum absolute atomic E-state index is 0.0658. The lowest BCUT2D eigenvalue weighted by Gasteiger charge is -2.03. The third-order valence-electron chi connectivity index (χ3n) is 1.89. The lowest BCUT2D eigenvalue weighted by Crippen LogP contribution is -2.12. The molecule has 2 rings (SSSR count). The van der Waals surface area contributed by atoms with E-state index < -0.39 is 0 Å². The highest BCUT2D eigenvalue weighted by Crippen LogP contribution is 2.18. The Morgan fingerprint density at radius 3 is 2.77 bits per heavy atom. The van der Waals surface area contributed by atoms with Gasteiger partial charge in [-0.15, -0.1) is 0 Å². The van der Waals surface area contributed by atoms with Crippen molar-refractivity contribution in [2.75, 3.05) is 13.1 Å². The standard InChI is InChI=1S/C9H7FINO/c10-6-1-2-8(11)7(5-6)9(13)12-3-4-12/h1-2,5H,3-4H2. The van der Waals surface area contributed by atoms with Crippen LogP contribution in [0, 0.1) is 9.39 Å². The molecule has 0 radical (unpaired) electrons. The van der Waals surface area contributed by atoms with Crippen LogP contribution in [-0.2, 0) is 0 Å². The van der Waals surface area contributed by atoms with Crippen LogP contribution in [0.1, 0.15) is 10.4 Å². The summed E-state index contributed by atoms with van der Waals surface area (Å²) in [5.41, 5.74) is 0.470. The predicted molar refractivity (Wildman–Crippen MR) is 55.0 cm³/mol. The van der Waals surface area contributed by atoms with Gasteiger partial charge in [-0.05, 0) is 40.8 Å². The molecule has 68 valence electrons. The number of carbonyl (C=O) groups excluding carboxylic acids is 1. The molecule has 2 nitrogen and oxygen atoms in total. The van der Waals surface area contributed by atoms with E-state index in [0.717, 1.165) is 16.7 Å². The average Bonchev–Trinajstić information content (AvgIpc) is 2.91. The molecule has 1 amide bonds. The molecule has 1 aromatic carbocycles. The van der Waals surface area contributed by atoms with Crippen molar-refractivity contribution < 1.29 is 9.18 Å². The van der Waals surface area contributed by atoms with Gasteiger partial charge in [0.05, 0.1) is 5.56 Å². The summed E-state index contributed by atoms with van der Waals surface area (Å²) < 4.78 is 13.6. The van der Waals surface area contributed by atoms with E-state index >= 15 is 0 Å². The molecule has 0 atom stereocenters. The van der Waals surface area contributed by atoms with Crippen LogP contribution < -0.4 is 0 Å². The molecule has 0 aromatic heterocycles. The Hall–Kier alpha value is -0.650. The van der Waals surface area contributed by atoms with Crippen LogP contribution in [0.3, 0.4) is 0 Å². The molecular weight excluding hydrogens is 284 g/mol. The summed E-state index contributed by atoms with van der Waals surface area (Å²) in [6, 6.07) is 4.27. The molecule has 0 N–H and O–H groups in total. The zero-order valence-electron chi connectivity index (χ0n) is 6.76. The monoisotopic (exact) mass is 291 g/mol. The molecule has 13 heavy (non-hydrogen) atoms. The highest BCUT2D eigenvalue weighted by Gasteiger charge is 2.26. The van der Waals surface area contributed by atoms with Crippen LogP contribution >= 0.6 is 22.6 Å². The molecule has 0 aliphatic carbocycles. The van der Waals surface area contributed by atoms with E-state index in [0.29, 0.717) is 5.56 Å². The van der Waals surface area contributed by atoms with E-state index in [4.69, 9.17) is 0 Å². The zero-order chi connectivity index (χ0) is 9.42. The van der Waals surface area contributed by atoms with Gasteiger partial charge >= 0.3 is 0 Å². The van der Waals surface area contributed by atoms with E-state index in [1.165, 1.54) is 12.1 Å². The fourth-order valence-electron chi connectivity index (χ4n) is 1.08. The molecule has 1 saturated heterocycles. The first-order chi connectivity index (χ1) is 6.18. The largest absolute Gasteiger partial charge is 0.335 e. The maximum atomic E-state index is 12.8. The number of nitrogens with zero attached hydrogens (tertiary/aromatic N) is 1. The van der Waals surface area contributed by atoms with Gasteiger partial charge < -0.3 is 4.90 Å². The first kappa shape index (κ1) is 8.93. The van der Waals surface area contributed by atoms with Crippen molar-refractivity contribution >= 4 is 28.5 Å². The SMILES string of the molecule is O=C(c1cc(F)ccc1I)N1CC1. The Balaban J connectivity index is 2.37. The van der Waals surface area contributed by atoms with Crippen molar-refractivity contribution in [1.82, 2.24) is 4.90 Å². The molecule has 0 unspecified atom stereocenters. The smallest absolute Gasteiger partial charge is 0.255 e. The van der Waals surface area contributed by atoms with Crippen LogP contribution in [0.5, 0.6) is 0 Å². The molecule has 0 bridgehead atoms. The van der Waals surface area contributed by atoms with Gasteiger partial charge in [-0.1, -0.05) is 0 Å². The third-order valence-corrected chi connectivity index (χ3v) is 2.83. The fraction of sp³-hybridized carbons (Fsp3) is 0.222. The summed E-state index contributed by atoms with van der Waals surface area (Å²) in [7, 11) is 0. The molecule has 1 fully saturated rings. The predicted octanol–water partition coefficient (Wildman–Crippen LogP) is 1.89. The molecule has 1 aromatic rings. The van der Waals surface area contributed by atoms with Gasteiger partial charge in [0.2, 0.25) is 0 Å². The van der Waals surface area contributed by atoms with Crippen LogP contribution in [0.4, 0.5) is 4.39 Å². The lowest BCUT2D eigenvalue weighted by atomic mass is 10.2. The molecule has 1 heterocycles. The van der Waals surface area contributed by atoms with Gasteiger partial charge in [-0.2, -0.15) is 0 Å². The normalized spacial score (nSPS) is 14.5. The summed E-state index contributed by atoms with van der Waals surface area (Å²) in [5.74, 6) is -0.422. The van der Waals surface area contributed by atoms with Crippen molar-refractivity contribution in [3.8, 4) is 0 Å². The average molecular weight is 291 g/mol. The minimum Gasteiger partial charge on any atom is -0.335 e. The second kappa shape index (κ2) is 3.25. The summed E-state index contributed by atoms with van der Waals surface area (Å²) in [5, 5.41) is 0. The second-order valence-corrected chi connectivity index (χ2v) is 4.08. The molecule has 1 aliphatic heterocycles. The molecular formula is C9H7FINO. The Morgan fingerprint density at radius 2 is 2.15 bits per heavy atom. The van der Waals surface area contributed by atoms with E-state index in [1.807, 2.05) is 22.6 Å². The number of hydrogen-bond donors (Lipinski definition) is 0. The number of amides is 1. The number of rotatable bonds is 1. The van der Waals surface area contributed by atoms with E-state index in [9.17, 15) is 9.18 Å². The third kappa shape index (κ3) is 1.82. The number of benzene rings is 1. The maximum absolute atomic E-state index is 12.8. The van der Waals surface area contributed by atoms with Crippen LogP contribution in [0.15, 0.2) is 18.2 Å². The fourth-order valence-corrected chi connectivity index (χ4v) is 1.65. The van der Waals surface area contributed by atoms with Gasteiger partial charge in [-0.25, -0.2) is 4.39 Å². The second-order valence-electron chi connectivity index (χ2n) is 2.92. The first-order valence-electron chi connectivity index (χ1n) is 3.93. The Morgan fingerprint density at radius 1 is 1.46 bits per heavy atom. The van der Waals surface area contributed by atoms with Gasteiger partial charge in [0, 0.05) is 16.7 Å². The lowest BCUT2D eigenvalue weighted by molar-refractivity contribution is 0.0884. The highest BCUT2D eigenvalue weighted by molar-refractivity contribution is 14.1. The van der Waals surface area contributed by atoms with E-state index in [1.54, 1.807) is 11.0 Å². The van der Waals surface area contributed by atoms with Crippen molar-refractivity contribution in [1.29, 1.82) is 0 Å². The Bertz CT molecular complexity index is 363. The van der Waals surface area contributed by atoms with Crippen molar-refractivity contribution in [3.63, 3.8) is 0 Å². The number of halogens is 2. The van der Waals surface area contributed by atoms with Crippen LogP contribution in [-0.4, -0.2) is 23.9 Å². The Labute approximate surface area is 88.9 Å². The van der Waals surface area contributed by atoms with E-state index in [-0.39, 0.29) is 11.7 Å². The summed E-state index contributed by atoms with van der Waals surface area (Å²) in [4.78, 5) is 13.2. The quantitative estimate of drug-likeness (QED) is 0.571. The van der Waals surface area contributed by atoms with Crippen molar-refractivity contribution in [3.05, 3.63) is 33.1 Å². The molecule has 0 saturated carbocycles. The van der Waals surface area contributed by atoms with E-state index in [2.05, 4.69) is 0 Å². The number of hydrogen-bond acceptors (Lipinski definition) is 1. The molecule has 0 spiro atoms. The number of carbonyl (C=O) groups is 1. The summed E-state index contributed by atoms with van der Waals surface area (Å²) in [6.07, 6.45) is 0. The van der Waals surface area contributed by atoms with Gasteiger partial charge in [0.15, 0.2) is 0 Å². The Kier molecular flexibility index (Phi) is 2.23. The van der Waals surface area contributed by atoms with Crippen LogP contribution in [0.2, 0.25) is 0 Å². The van der Waals surface area contributed by atoms with Crippen LogP contribution in [0.25, 0.3) is 0 Å². The summed E-state index contributed by atoms with van der Waals surface area (Å²) >= 11 is 2.04. The zero-order valence-corrected chi connectivity index (χ0v) is 8.92. The summed E-state index contributed by atoms with van der Waals surface area (Å²) in [6.45, 7) is 1.59. The topological polar surface area (TPSA) is 20.1 Å².